The summed E-state index contributed by atoms with van der Waals surface area (Å²) in [5, 5.41) is 8.73. The van der Waals surface area contributed by atoms with Gasteiger partial charge in [-0.2, -0.15) is 13.2 Å². The minimum Gasteiger partial charge on any atom is -0.478 e. The van der Waals surface area contributed by atoms with Crippen LogP contribution < -0.4 is 4.89 Å². The average molecular weight is 331 g/mol. The quantitative estimate of drug-likeness (QED) is 0.631. The van der Waals surface area contributed by atoms with Crippen LogP contribution in [0.25, 0.3) is 0 Å². The molecule has 0 amide bonds. The molecule has 0 unspecified atom stereocenters. The molecule has 1 aromatic rings. The molecule has 1 rings (SSSR count). The average Bonchev–Trinajstić information content (AvgIpc) is 2.29. The van der Waals surface area contributed by atoms with Gasteiger partial charge in [0.25, 0.3) is 10.0 Å². The molecule has 0 saturated carbocycles. The van der Waals surface area contributed by atoms with Crippen LogP contribution in [0.2, 0.25) is 0 Å². The van der Waals surface area contributed by atoms with Gasteiger partial charge in [-0.15, -0.1) is 0 Å². The molecule has 0 radical (unpaired) electrons. The number of benzene rings is 1. The second-order valence-electron chi connectivity index (χ2n) is 3.90. The van der Waals surface area contributed by atoms with Gasteiger partial charge in [0.1, 0.15) is 5.82 Å². The second-order valence-corrected chi connectivity index (χ2v) is 5.54. The van der Waals surface area contributed by atoms with E-state index in [-0.39, 0.29) is 5.56 Å². The zero-order chi connectivity index (χ0) is 16.4. The summed E-state index contributed by atoms with van der Waals surface area (Å²) in [6.45, 7) is -0.768. The van der Waals surface area contributed by atoms with Gasteiger partial charge in [-0.05, 0) is 24.6 Å². The maximum Gasteiger partial charge on any atom is 0.413 e. The fourth-order valence-electron chi connectivity index (χ4n) is 1.28. The van der Waals surface area contributed by atoms with Gasteiger partial charge in [0.05, 0.1) is 10.5 Å². The number of hydrogen-bond donors (Lipinski definition) is 2. The maximum atomic E-state index is 13.5. The van der Waals surface area contributed by atoms with Gasteiger partial charge in [-0.25, -0.2) is 17.6 Å². The molecule has 0 heterocycles. The SMILES string of the molecule is Cc1cc(S(=O)(=O)NOCC(F)(F)F)cc(C(=O)O)c1F. The Morgan fingerprint density at radius 3 is 2.43 bits per heavy atom. The Bertz CT molecular complexity index is 656. The predicted molar refractivity (Wildman–Crippen MR) is 60.4 cm³/mol. The monoisotopic (exact) mass is 331 g/mol. The smallest absolute Gasteiger partial charge is 0.413 e. The minimum atomic E-state index is -4.76. The molecule has 21 heavy (non-hydrogen) atoms. The van der Waals surface area contributed by atoms with Crippen LogP contribution in [0.3, 0.4) is 0 Å². The summed E-state index contributed by atoms with van der Waals surface area (Å²) in [5.74, 6) is -2.86. The molecule has 0 aromatic heterocycles. The number of carboxylic acid groups (broad SMARTS) is 1. The lowest BCUT2D eigenvalue weighted by Crippen LogP contribution is -2.30. The van der Waals surface area contributed by atoms with E-state index in [2.05, 4.69) is 4.84 Å². The van der Waals surface area contributed by atoms with E-state index in [0.717, 1.165) is 13.0 Å². The van der Waals surface area contributed by atoms with E-state index in [9.17, 15) is 30.8 Å². The first-order chi connectivity index (χ1) is 9.44. The van der Waals surface area contributed by atoms with Crippen molar-refractivity contribution in [3.05, 3.63) is 29.1 Å². The van der Waals surface area contributed by atoms with E-state index in [4.69, 9.17) is 5.11 Å². The van der Waals surface area contributed by atoms with Crippen molar-refractivity contribution in [3.63, 3.8) is 0 Å². The van der Waals surface area contributed by atoms with Crippen molar-refractivity contribution in [2.24, 2.45) is 0 Å². The van der Waals surface area contributed by atoms with Crippen LogP contribution in [-0.4, -0.2) is 32.3 Å². The fourth-order valence-corrected chi connectivity index (χ4v) is 2.20. The molecule has 0 saturated heterocycles. The van der Waals surface area contributed by atoms with E-state index in [0.29, 0.717) is 6.07 Å². The van der Waals surface area contributed by atoms with Gasteiger partial charge in [0, 0.05) is 0 Å². The highest BCUT2D eigenvalue weighted by molar-refractivity contribution is 7.89. The first kappa shape index (κ1) is 17.3. The summed E-state index contributed by atoms with van der Waals surface area (Å²) < 4.78 is 72.2. The van der Waals surface area contributed by atoms with Crippen molar-refractivity contribution in [1.82, 2.24) is 4.89 Å². The van der Waals surface area contributed by atoms with Gasteiger partial charge in [0.15, 0.2) is 6.61 Å². The summed E-state index contributed by atoms with van der Waals surface area (Å²) in [4.78, 5) is 15.0. The lowest BCUT2D eigenvalue weighted by Gasteiger charge is -2.11. The summed E-state index contributed by atoms with van der Waals surface area (Å²) in [7, 11) is -4.58. The molecule has 118 valence electrons. The number of aromatic carboxylic acids is 1. The van der Waals surface area contributed by atoms with Crippen molar-refractivity contribution < 1.29 is 40.7 Å². The molecule has 6 nitrogen and oxygen atoms in total. The summed E-state index contributed by atoms with van der Waals surface area (Å²) in [6.07, 6.45) is -4.76. The van der Waals surface area contributed by atoms with E-state index < -0.39 is 45.1 Å². The number of hydrogen-bond acceptors (Lipinski definition) is 4. The molecular formula is C10H9F4NO5S. The molecule has 0 aliphatic carbocycles. The molecule has 0 bridgehead atoms. The van der Waals surface area contributed by atoms with Crippen LogP contribution in [0, 0.1) is 12.7 Å². The Balaban J connectivity index is 3.07. The van der Waals surface area contributed by atoms with Gasteiger partial charge in [0.2, 0.25) is 0 Å². The lowest BCUT2D eigenvalue weighted by atomic mass is 10.1. The third-order valence-corrected chi connectivity index (χ3v) is 3.37. The lowest BCUT2D eigenvalue weighted by molar-refractivity contribution is -0.181. The molecule has 2 N–H and O–H groups in total. The largest absolute Gasteiger partial charge is 0.478 e. The number of sulfonamides is 1. The van der Waals surface area contributed by atoms with Crippen LogP contribution in [0.1, 0.15) is 15.9 Å². The van der Waals surface area contributed by atoms with E-state index in [1.54, 1.807) is 0 Å². The number of carboxylic acids is 1. The number of nitrogens with one attached hydrogen (secondary N) is 1. The van der Waals surface area contributed by atoms with Crippen LogP contribution in [0.5, 0.6) is 0 Å². The predicted octanol–water partition coefficient (Wildman–Crippen LogP) is 1.60. The third-order valence-electron chi connectivity index (χ3n) is 2.17. The summed E-state index contributed by atoms with van der Waals surface area (Å²) >= 11 is 0. The van der Waals surface area contributed by atoms with E-state index in [1.807, 2.05) is 0 Å². The maximum absolute atomic E-state index is 13.5. The number of halogens is 4. The van der Waals surface area contributed by atoms with Gasteiger partial charge in [-0.3, -0.25) is 4.84 Å². The van der Waals surface area contributed by atoms with E-state index >= 15 is 0 Å². The van der Waals surface area contributed by atoms with Gasteiger partial charge in [-0.1, -0.05) is 4.89 Å². The molecular weight excluding hydrogens is 322 g/mol. The Kier molecular flexibility index (Phi) is 4.91. The van der Waals surface area contributed by atoms with Crippen molar-refractivity contribution in [3.8, 4) is 0 Å². The molecule has 0 fully saturated rings. The molecule has 1 aromatic carbocycles. The third kappa shape index (κ3) is 4.65. The van der Waals surface area contributed by atoms with Crippen molar-refractivity contribution in [2.75, 3.05) is 6.61 Å². The topological polar surface area (TPSA) is 92.7 Å². The zero-order valence-corrected chi connectivity index (χ0v) is 11.2. The van der Waals surface area contributed by atoms with Gasteiger partial charge >= 0.3 is 12.1 Å². The number of aryl methyl sites for hydroxylation is 1. The van der Waals surface area contributed by atoms with Crippen LogP contribution in [-0.2, 0) is 14.9 Å². The number of carbonyl (C=O) groups is 1. The van der Waals surface area contributed by atoms with Crippen molar-refractivity contribution in [2.45, 2.75) is 18.0 Å². The van der Waals surface area contributed by atoms with Crippen molar-refractivity contribution in [1.29, 1.82) is 0 Å². The van der Waals surface area contributed by atoms with Crippen LogP contribution >= 0.6 is 0 Å². The Morgan fingerprint density at radius 1 is 1.38 bits per heavy atom. The fraction of sp³-hybridized carbons (Fsp3) is 0.300. The minimum absolute atomic E-state index is 0.300. The molecule has 11 heteroatoms. The van der Waals surface area contributed by atoms with Gasteiger partial charge < -0.3 is 5.11 Å². The zero-order valence-electron chi connectivity index (χ0n) is 10.4. The molecule has 0 atom stereocenters. The van der Waals surface area contributed by atoms with E-state index in [1.165, 1.54) is 4.89 Å². The standard InChI is InChI=1S/C10H9F4NO5S/c1-5-2-6(3-7(8(5)11)9(16)17)21(18,19)15-20-4-10(12,13)14/h2-3,15H,4H2,1H3,(H,16,17). The molecule has 0 aliphatic rings. The second kappa shape index (κ2) is 5.95. The van der Waals surface area contributed by atoms with Crippen LogP contribution in [0.15, 0.2) is 17.0 Å². The number of rotatable bonds is 5. The van der Waals surface area contributed by atoms with Crippen molar-refractivity contribution >= 4 is 16.0 Å². The normalized spacial score (nSPS) is 12.4. The Labute approximate surface area is 116 Å². The Hall–Kier alpha value is -1.72. The first-order valence-corrected chi connectivity index (χ1v) is 6.66. The Morgan fingerprint density at radius 2 is 1.95 bits per heavy atom. The highest BCUT2D eigenvalue weighted by atomic mass is 32.2. The first-order valence-electron chi connectivity index (χ1n) is 5.18. The van der Waals surface area contributed by atoms with Crippen LogP contribution in [0.4, 0.5) is 17.6 Å². The number of alkyl halides is 3. The summed E-state index contributed by atoms with van der Waals surface area (Å²) in [6, 6.07) is 1.24. The molecule has 0 aliphatic heterocycles. The summed E-state index contributed by atoms with van der Waals surface area (Å²) in [5.41, 5.74) is -1.22. The highest BCUT2D eigenvalue weighted by Crippen LogP contribution is 2.20. The molecule has 0 spiro atoms. The highest BCUT2D eigenvalue weighted by Gasteiger charge is 2.29.